The molecule has 1 atom stereocenters. The van der Waals surface area contributed by atoms with Crippen LogP contribution < -0.4 is 4.74 Å². The minimum absolute atomic E-state index is 0.130. The Balaban J connectivity index is 2.24. The summed E-state index contributed by atoms with van der Waals surface area (Å²) in [4.78, 5) is 13.8. The smallest absolute Gasteiger partial charge is 0.257 e. The van der Waals surface area contributed by atoms with Crippen molar-refractivity contribution in [3.63, 3.8) is 0 Å². The molecular weight excluding hydrogens is 242 g/mol. The van der Waals surface area contributed by atoms with Crippen molar-refractivity contribution in [1.29, 1.82) is 0 Å². The van der Waals surface area contributed by atoms with Gasteiger partial charge in [0.15, 0.2) is 0 Å². The number of rotatable bonds is 2. The van der Waals surface area contributed by atoms with E-state index in [9.17, 15) is 9.90 Å². The SMILES string of the molecule is COc1cc(Cl)ccc1C(=O)N1CC[C@H](O)C1. The fourth-order valence-electron chi connectivity index (χ4n) is 1.94. The van der Waals surface area contributed by atoms with Crippen LogP contribution in [0.3, 0.4) is 0 Å². The van der Waals surface area contributed by atoms with E-state index in [-0.39, 0.29) is 5.91 Å². The summed E-state index contributed by atoms with van der Waals surface area (Å²) in [6.45, 7) is 0.955. The van der Waals surface area contributed by atoms with Gasteiger partial charge in [-0.05, 0) is 24.6 Å². The van der Waals surface area contributed by atoms with Gasteiger partial charge in [0, 0.05) is 18.1 Å². The first kappa shape index (κ1) is 12.2. The highest BCUT2D eigenvalue weighted by atomic mass is 35.5. The van der Waals surface area contributed by atoms with E-state index in [4.69, 9.17) is 16.3 Å². The maximum Gasteiger partial charge on any atom is 0.257 e. The molecular formula is C12H14ClNO3. The Morgan fingerprint density at radius 1 is 1.59 bits per heavy atom. The summed E-state index contributed by atoms with van der Waals surface area (Å²) in [7, 11) is 1.50. The van der Waals surface area contributed by atoms with Crippen LogP contribution >= 0.6 is 11.6 Å². The van der Waals surface area contributed by atoms with Gasteiger partial charge in [-0.1, -0.05) is 11.6 Å². The Labute approximate surface area is 105 Å². The van der Waals surface area contributed by atoms with Crippen LogP contribution in [0.4, 0.5) is 0 Å². The minimum Gasteiger partial charge on any atom is -0.496 e. The quantitative estimate of drug-likeness (QED) is 0.873. The van der Waals surface area contributed by atoms with Gasteiger partial charge in [0.25, 0.3) is 5.91 Å². The lowest BCUT2D eigenvalue weighted by Crippen LogP contribution is -2.29. The lowest BCUT2D eigenvalue weighted by molar-refractivity contribution is 0.0761. The van der Waals surface area contributed by atoms with Crippen LogP contribution in [0.15, 0.2) is 18.2 Å². The second kappa shape index (κ2) is 4.94. The molecule has 2 rings (SSSR count). The number of aliphatic hydroxyl groups excluding tert-OH is 1. The van der Waals surface area contributed by atoms with E-state index < -0.39 is 6.10 Å². The highest BCUT2D eigenvalue weighted by Crippen LogP contribution is 2.25. The maximum absolute atomic E-state index is 12.2. The topological polar surface area (TPSA) is 49.8 Å². The van der Waals surface area contributed by atoms with Crippen LogP contribution in [-0.2, 0) is 0 Å². The van der Waals surface area contributed by atoms with Crippen molar-refractivity contribution >= 4 is 17.5 Å². The Kier molecular flexibility index (Phi) is 3.54. The fourth-order valence-corrected chi connectivity index (χ4v) is 2.10. The molecule has 1 N–H and O–H groups in total. The number of amides is 1. The summed E-state index contributed by atoms with van der Waals surface area (Å²) < 4.78 is 5.14. The molecule has 0 aliphatic carbocycles. The number of β-amino-alcohol motifs (C(OH)–C–C–N with tert-alkyl or cyclic N) is 1. The van der Waals surface area contributed by atoms with Crippen LogP contribution in [0, 0.1) is 0 Å². The highest BCUT2D eigenvalue weighted by molar-refractivity contribution is 6.30. The molecule has 0 radical (unpaired) electrons. The second-order valence-corrected chi connectivity index (χ2v) is 4.47. The van der Waals surface area contributed by atoms with Gasteiger partial charge in [0.1, 0.15) is 5.75 Å². The first-order valence-electron chi connectivity index (χ1n) is 5.42. The Morgan fingerprint density at radius 2 is 2.35 bits per heavy atom. The van der Waals surface area contributed by atoms with Gasteiger partial charge in [-0.25, -0.2) is 0 Å². The normalized spacial score (nSPS) is 19.5. The van der Waals surface area contributed by atoms with Crippen molar-refractivity contribution in [1.82, 2.24) is 4.90 Å². The molecule has 1 aliphatic heterocycles. The molecule has 1 saturated heterocycles. The average molecular weight is 256 g/mol. The van der Waals surface area contributed by atoms with Crippen LogP contribution in [0.1, 0.15) is 16.8 Å². The van der Waals surface area contributed by atoms with Crippen molar-refractivity contribution in [3.8, 4) is 5.75 Å². The number of hydrogen-bond donors (Lipinski definition) is 1. The van der Waals surface area contributed by atoms with E-state index in [1.165, 1.54) is 7.11 Å². The van der Waals surface area contributed by atoms with Crippen molar-refractivity contribution in [2.75, 3.05) is 20.2 Å². The number of aliphatic hydroxyl groups is 1. The molecule has 0 spiro atoms. The highest BCUT2D eigenvalue weighted by Gasteiger charge is 2.27. The Morgan fingerprint density at radius 3 is 2.94 bits per heavy atom. The van der Waals surface area contributed by atoms with E-state index in [0.29, 0.717) is 35.8 Å². The molecule has 1 fully saturated rings. The zero-order valence-electron chi connectivity index (χ0n) is 9.52. The summed E-state index contributed by atoms with van der Waals surface area (Å²) in [5.74, 6) is 0.332. The molecule has 0 unspecified atom stereocenters. The molecule has 1 aromatic carbocycles. The van der Waals surface area contributed by atoms with E-state index >= 15 is 0 Å². The maximum atomic E-state index is 12.2. The van der Waals surface area contributed by atoms with Crippen LogP contribution in [0.5, 0.6) is 5.75 Å². The van der Waals surface area contributed by atoms with Gasteiger partial charge in [0.05, 0.1) is 18.8 Å². The minimum atomic E-state index is -0.419. The Hall–Kier alpha value is -1.26. The Bertz CT molecular complexity index is 436. The third kappa shape index (κ3) is 2.53. The first-order valence-corrected chi connectivity index (χ1v) is 5.80. The molecule has 17 heavy (non-hydrogen) atoms. The molecule has 5 heteroatoms. The average Bonchev–Trinajstić information content (AvgIpc) is 2.75. The van der Waals surface area contributed by atoms with Crippen molar-refractivity contribution in [2.24, 2.45) is 0 Å². The van der Waals surface area contributed by atoms with Crippen molar-refractivity contribution in [2.45, 2.75) is 12.5 Å². The summed E-state index contributed by atoms with van der Waals surface area (Å²) in [6.07, 6.45) is 0.207. The summed E-state index contributed by atoms with van der Waals surface area (Å²) in [5, 5.41) is 9.95. The third-order valence-electron chi connectivity index (χ3n) is 2.84. The first-order chi connectivity index (χ1) is 8.11. The van der Waals surface area contributed by atoms with Gasteiger partial charge in [-0.15, -0.1) is 0 Å². The monoisotopic (exact) mass is 255 g/mol. The summed E-state index contributed by atoms with van der Waals surface area (Å²) >= 11 is 5.84. The predicted octanol–water partition coefficient (Wildman–Crippen LogP) is 1.56. The number of likely N-dealkylation sites (tertiary alicyclic amines) is 1. The lowest BCUT2D eigenvalue weighted by Gasteiger charge is -2.17. The molecule has 1 aliphatic rings. The van der Waals surface area contributed by atoms with E-state index in [2.05, 4.69) is 0 Å². The molecule has 92 valence electrons. The predicted molar refractivity (Wildman–Crippen MR) is 64.5 cm³/mol. The second-order valence-electron chi connectivity index (χ2n) is 4.04. The number of halogens is 1. The number of benzene rings is 1. The number of ether oxygens (including phenoxy) is 1. The molecule has 0 aromatic heterocycles. The van der Waals surface area contributed by atoms with E-state index in [0.717, 1.165) is 0 Å². The van der Waals surface area contributed by atoms with E-state index in [1.54, 1.807) is 23.1 Å². The van der Waals surface area contributed by atoms with E-state index in [1.807, 2.05) is 0 Å². The molecule has 1 amide bonds. The number of nitrogens with zero attached hydrogens (tertiary/aromatic N) is 1. The molecule has 0 saturated carbocycles. The number of carbonyl (C=O) groups excluding carboxylic acids is 1. The van der Waals surface area contributed by atoms with Gasteiger partial charge >= 0.3 is 0 Å². The van der Waals surface area contributed by atoms with Crippen LogP contribution in [-0.4, -0.2) is 42.2 Å². The van der Waals surface area contributed by atoms with Crippen LogP contribution in [0.2, 0.25) is 5.02 Å². The van der Waals surface area contributed by atoms with Crippen molar-refractivity contribution < 1.29 is 14.6 Å². The van der Waals surface area contributed by atoms with Gasteiger partial charge in [-0.2, -0.15) is 0 Å². The summed E-state index contributed by atoms with van der Waals surface area (Å²) in [6, 6.07) is 4.92. The third-order valence-corrected chi connectivity index (χ3v) is 3.08. The number of methoxy groups -OCH3 is 1. The standard InChI is InChI=1S/C12H14ClNO3/c1-17-11-6-8(13)2-3-10(11)12(16)14-5-4-9(15)7-14/h2-3,6,9,15H,4-5,7H2,1H3/t9-/m0/s1. The zero-order valence-corrected chi connectivity index (χ0v) is 10.3. The van der Waals surface area contributed by atoms with Crippen LogP contribution in [0.25, 0.3) is 0 Å². The van der Waals surface area contributed by atoms with Crippen molar-refractivity contribution in [3.05, 3.63) is 28.8 Å². The van der Waals surface area contributed by atoms with Gasteiger partial charge in [0.2, 0.25) is 0 Å². The van der Waals surface area contributed by atoms with Gasteiger partial charge < -0.3 is 14.7 Å². The number of hydrogen-bond acceptors (Lipinski definition) is 3. The largest absolute Gasteiger partial charge is 0.496 e. The molecule has 1 aromatic rings. The van der Waals surface area contributed by atoms with Gasteiger partial charge in [-0.3, -0.25) is 4.79 Å². The zero-order chi connectivity index (χ0) is 12.4. The molecule has 0 bridgehead atoms. The number of carbonyl (C=O) groups is 1. The summed E-state index contributed by atoms with van der Waals surface area (Å²) in [5.41, 5.74) is 0.478. The lowest BCUT2D eigenvalue weighted by atomic mass is 10.2. The molecule has 4 nitrogen and oxygen atoms in total. The molecule has 1 heterocycles. The fraction of sp³-hybridized carbons (Fsp3) is 0.417.